The monoisotopic (exact) mass is 247 g/mol. The van der Waals surface area contributed by atoms with Crippen molar-refractivity contribution in [3.63, 3.8) is 0 Å². The fourth-order valence-corrected chi connectivity index (χ4v) is 1.61. The number of pyridine rings is 1. The number of nitrogens with zero attached hydrogens (tertiary/aromatic N) is 4. The van der Waals surface area contributed by atoms with Gasteiger partial charge in [0.15, 0.2) is 5.82 Å². The first-order valence-corrected chi connectivity index (χ1v) is 5.91. The molecule has 2 aromatic heterocycles. The van der Waals surface area contributed by atoms with E-state index in [1.54, 1.807) is 16.8 Å². The van der Waals surface area contributed by atoms with Crippen LogP contribution in [0.5, 0.6) is 5.88 Å². The van der Waals surface area contributed by atoms with Crippen LogP contribution in [0.25, 0.3) is 5.82 Å². The standard InChI is InChI=1S/C12H17N5O/c1-4-7-18-12-10(13)5-6-11(15-12)17-9(3)14-8(2)16-17/h5-6H,4,7,13H2,1-3H3. The molecule has 0 aliphatic carbocycles. The van der Waals surface area contributed by atoms with Crippen molar-refractivity contribution in [3.8, 4) is 11.7 Å². The van der Waals surface area contributed by atoms with E-state index in [1.165, 1.54) is 0 Å². The Morgan fingerprint density at radius 3 is 2.67 bits per heavy atom. The van der Waals surface area contributed by atoms with Crippen molar-refractivity contribution >= 4 is 5.69 Å². The molecule has 6 nitrogen and oxygen atoms in total. The first-order chi connectivity index (χ1) is 8.61. The summed E-state index contributed by atoms with van der Waals surface area (Å²) in [6.45, 7) is 6.35. The maximum Gasteiger partial charge on any atom is 0.239 e. The molecule has 2 heterocycles. The van der Waals surface area contributed by atoms with Crippen molar-refractivity contribution in [2.45, 2.75) is 27.2 Å². The quantitative estimate of drug-likeness (QED) is 0.888. The molecule has 0 bridgehead atoms. The summed E-state index contributed by atoms with van der Waals surface area (Å²) in [4.78, 5) is 8.61. The number of nitrogens with two attached hydrogens (primary N) is 1. The van der Waals surface area contributed by atoms with E-state index in [-0.39, 0.29) is 0 Å². The van der Waals surface area contributed by atoms with E-state index < -0.39 is 0 Å². The summed E-state index contributed by atoms with van der Waals surface area (Å²) in [5.74, 6) is 2.60. The summed E-state index contributed by atoms with van der Waals surface area (Å²) in [7, 11) is 0. The van der Waals surface area contributed by atoms with Gasteiger partial charge in [-0.15, -0.1) is 5.10 Å². The van der Waals surface area contributed by atoms with E-state index >= 15 is 0 Å². The van der Waals surface area contributed by atoms with Crippen LogP contribution in [-0.2, 0) is 0 Å². The second kappa shape index (κ2) is 5.03. The molecule has 0 radical (unpaired) electrons. The van der Waals surface area contributed by atoms with Gasteiger partial charge in [0.2, 0.25) is 5.88 Å². The van der Waals surface area contributed by atoms with Gasteiger partial charge in [-0.25, -0.2) is 4.98 Å². The van der Waals surface area contributed by atoms with Crippen molar-refractivity contribution in [2.24, 2.45) is 0 Å². The predicted molar refractivity (Wildman–Crippen MR) is 68.8 cm³/mol. The van der Waals surface area contributed by atoms with Gasteiger partial charge in [0.1, 0.15) is 11.6 Å². The minimum atomic E-state index is 0.446. The smallest absolute Gasteiger partial charge is 0.239 e. The molecule has 0 aromatic carbocycles. The molecule has 18 heavy (non-hydrogen) atoms. The van der Waals surface area contributed by atoms with Gasteiger partial charge < -0.3 is 10.5 Å². The summed E-state index contributed by atoms with van der Waals surface area (Å²) in [6.07, 6.45) is 0.910. The van der Waals surface area contributed by atoms with Gasteiger partial charge in [-0.2, -0.15) is 9.67 Å². The van der Waals surface area contributed by atoms with Gasteiger partial charge in [0.05, 0.1) is 12.3 Å². The molecule has 0 amide bonds. The Morgan fingerprint density at radius 1 is 1.28 bits per heavy atom. The largest absolute Gasteiger partial charge is 0.476 e. The molecule has 0 saturated carbocycles. The molecule has 0 unspecified atom stereocenters. The van der Waals surface area contributed by atoms with Crippen molar-refractivity contribution in [3.05, 3.63) is 23.8 Å². The van der Waals surface area contributed by atoms with E-state index in [0.717, 1.165) is 12.2 Å². The normalized spacial score (nSPS) is 10.6. The van der Waals surface area contributed by atoms with Crippen molar-refractivity contribution < 1.29 is 4.74 Å². The van der Waals surface area contributed by atoms with E-state index in [2.05, 4.69) is 15.1 Å². The Hall–Kier alpha value is -2.11. The molecular weight excluding hydrogens is 230 g/mol. The second-order valence-electron chi connectivity index (χ2n) is 4.03. The minimum absolute atomic E-state index is 0.446. The highest BCUT2D eigenvalue weighted by Gasteiger charge is 2.09. The average molecular weight is 247 g/mol. The number of ether oxygens (including phenoxy) is 1. The van der Waals surface area contributed by atoms with Gasteiger partial charge in [-0.1, -0.05) is 6.92 Å². The average Bonchev–Trinajstić information content (AvgIpc) is 2.67. The molecule has 0 aliphatic rings. The molecule has 96 valence electrons. The van der Waals surface area contributed by atoms with E-state index in [0.29, 0.717) is 29.8 Å². The maximum atomic E-state index is 5.82. The third-order valence-corrected chi connectivity index (χ3v) is 2.41. The van der Waals surface area contributed by atoms with Crippen LogP contribution >= 0.6 is 0 Å². The maximum absolute atomic E-state index is 5.82. The molecule has 2 N–H and O–H groups in total. The minimum Gasteiger partial charge on any atom is -0.476 e. The number of rotatable bonds is 4. The SMILES string of the molecule is CCCOc1nc(-n2nc(C)nc2C)ccc1N. The molecule has 2 aromatic rings. The van der Waals surface area contributed by atoms with Crippen LogP contribution in [0.15, 0.2) is 12.1 Å². The van der Waals surface area contributed by atoms with Crippen molar-refractivity contribution in [1.29, 1.82) is 0 Å². The topological polar surface area (TPSA) is 78.8 Å². The molecule has 0 saturated heterocycles. The zero-order chi connectivity index (χ0) is 13.1. The van der Waals surface area contributed by atoms with E-state index in [4.69, 9.17) is 10.5 Å². The Bertz CT molecular complexity index is 549. The Labute approximate surface area is 106 Å². The number of aromatic nitrogens is 4. The molecule has 0 atom stereocenters. The predicted octanol–water partition coefficient (Wildman–Crippen LogP) is 1.65. The van der Waals surface area contributed by atoms with Gasteiger partial charge >= 0.3 is 0 Å². The van der Waals surface area contributed by atoms with E-state index in [9.17, 15) is 0 Å². The van der Waals surface area contributed by atoms with Crippen LogP contribution in [0.1, 0.15) is 25.0 Å². The highest BCUT2D eigenvalue weighted by molar-refractivity contribution is 5.50. The van der Waals surface area contributed by atoms with Crippen LogP contribution < -0.4 is 10.5 Å². The summed E-state index contributed by atoms with van der Waals surface area (Å²) in [5, 5.41) is 4.28. The summed E-state index contributed by atoms with van der Waals surface area (Å²) >= 11 is 0. The lowest BCUT2D eigenvalue weighted by Crippen LogP contribution is -2.07. The zero-order valence-corrected chi connectivity index (χ0v) is 10.8. The third-order valence-electron chi connectivity index (χ3n) is 2.41. The first-order valence-electron chi connectivity index (χ1n) is 5.91. The molecule has 0 aliphatic heterocycles. The van der Waals surface area contributed by atoms with E-state index in [1.807, 2.05) is 20.8 Å². The number of aryl methyl sites for hydroxylation is 2. The number of hydrogen-bond donors (Lipinski definition) is 1. The van der Waals surface area contributed by atoms with Crippen LogP contribution in [0, 0.1) is 13.8 Å². The van der Waals surface area contributed by atoms with Crippen LogP contribution in [0.3, 0.4) is 0 Å². The highest BCUT2D eigenvalue weighted by Crippen LogP contribution is 2.20. The van der Waals surface area contributed by atoms with Crippen LogP contribution in [0.4, 0.5) is 5.69 Å². The summed E-state index contributed by atoms with van der Waals surface area (Å²) in [6, 6.07) is 3.57. The lowest BCUT2D eigenvalue weighted by Gasteiger charge is -2.09. The van der Waals surface area contributed by atoms with Crippen molar-refractivity contribution in [2.75, 3.05) is 12.3 Å². The van der Waals surface area contributed by atoms with Crippen LogP contribution in [0.2, 0.25) is 0 Å². The first kappa shape index (κ1) is 12.3. The van der Waals surface area contributed by atoms with Gasteiger partial charge in [-0.3, -0.25) is 0 Å². The number of anilines is 1. The molecule has 0 spiro atoms. The van der Waals surface area contributed by atoms with Crippen LogP contribution in [-0.4, -0.2) is 26.4 Å². The number of nitrogen functional groups attached to an aromatic ring is 1. The Morgan fingerprint density at radius 2 is 2.06 bits per heavy atom. The van der Waals surface area contributed by atoms with Gasteiger partial charge in [0, 0.05) is 0 Å². The fourth-order valence-electron chi connectivity index (χ4n) is 1.61. The summed E-state index contributed by atoms with van der Waals surface area (Å²) < 4.78 is 7.17. The summed E-state index contributed by atoms with van der Waals surface area (Å²) in [5.41, 5.74) is 6.35. The number of hydrogen-bond acceptors (Lipinski definition) is 5. The second-order valence-corrected chi connectivity index (χ2v) is 4.03. The molecular formula is C12H17N5O. The fraction of sp³-hybridized carbons (Fsp3) is 0.417. The molecule has 2 rings (SSSR count). The zero-order valence-electron chi connectivity index (χ0n) is 10.8. The highest BCUT2D eigenvalue weighted by atomic mass is 16.5. The molecule has 6 heteroatoms. The lowest BCUT2D eigenvalue weighted by molar-refractivity contribution is 0.306. The Balaban J connectivity index is 2.37. The lowest BCUT2D eigenvalue weighted by atomic mass is 10.4. The molecule has 0 fully saturated rings. The van der Waals surface area contributed by atoms with Crippen molar-refractivity contribution in [1.82, 2.24) is 19.7 Å². The van der Waals surface area contributed by atoms with Gasteiger partial charge in [0.25, 0.3) is 0 Å². The Kier molecular flexibility index (Phi) is 3.45. The third kappa shape index (κ3) is 2.42. The van der Waals surface area contributed by atoms with Gasteiger partial charge in [-0.05, 0) is 32.4 Å².